The van der Waals surface area contributed by atoms with Crippen molar-refractivity contribution in [1.82, 2.24) is 0 Å². The summed E-state index contributed by atoms with van der Waals surface area (Å²) >= 11 is 0. The second kappa shape index (κ2) is 6.39. The number of benzene rings is 2. The first-order valence-corrected chi connectivity index (χ1v) is 6.18. The Morgan fingerprint density at radius 3 is 2.57 bits per heavy atom. The molecule has 0 radical (unpaired) electrons. The monoisotopic (exact) mass is 283 g/mol. The van der Waals surface area contributed by atoms with Gasteiger partial charge >= 0.3 is 0 Å². The largest absolute Gasteiger partial charge is 0.497 e. The number of methoxy groups -OCH3 is 1. The number of hydrogen-bond donors (Lipinski definition) is 0. The maximum atomic E-state index is 10.8. The summed E-state index contributed by atoms with van der Waals surface area (Å²) in [6, 6.07) is 13.3. The van der Waals surface area contributed by atoms with E-state index in [0.717, 1.165) is 0 Å². The molecule has 2 aromatic carbocycles. The summed E-state index contributed by atoms with van der Waals surface area (Å²) in [7, 11) is 1.57. The number of nitrogens with zero attached hydrogens (tertiary/aromatic N) is 3. The van der Waals surface area contributed by atoms with Crippen molar-refractivity contribution in [2.45, 2.75) is 6.54 Å². The lowest BCUT2D eigenvalue weighted by atomic mass is 10.2. The summed E-state index contributed by atoms with van der Waals surface area (Å²) in [5.41, 5.74) is 1.41. The van der Waals surface area contributed by atoms with Crippen LogP contribution >= 0.6 is 0 Å². The van der Waals surface area contributed by atoms with Crippen molar-refractivity contribution in [1.29, 1.82) is 5.26 Å². The topological polar surface area (TPSA) is 79.4 Å². The maximum absolute atomic E-state index is 10.8. The SMILES string of the molecule is COc1ccc(N(C#N)Cc2cccc([N+](=O)[O-])c2)cc1. The van der Waals surface area contributed by atoms with Crippen LogP contribution in [0.1, 0.15) is 5.56 Å². The van der Waals surface area contributed by atoms with Crippen LogP contribution < -0.4 is 9.64 Å². The number of hydrogen-bond acceptors (Lipinski definition) is 5. The van der Waals surface area contributed by atoms with Crippen LogP contribution in [0.4, 0.5) is 11.4 Å². The van der Waals surface area contributed by atoms with Gasteiger partial charge in [-0.1, -0.05) is 12.1 Å². The van der Waals surface area contributed by atoms with Crippen LogP contribution in [0.5, 0.6) is 5.75 Å². The first-order valence-electron chi connectivity index (χ1n) is 6.18. The Bertz CT molecular complexity index is 677. The molecule has 0 aromatic heterocycles. The minimum Gasteiger partial charge on any atom is -0.497 e. The molecule has 106 valence electrons. The molecule has 0 bridgehead atoms. The molecule has 2 aromatic rings. The number of ether oxygens (including phenoxy) is 1. The lowest BCUT2D eigenvalue weighted by Gasteiger charge is -2.16. The van der Waals surface area contributed by atoms with E-state index in [1.165, 1.54) is 17.0 Å². The van der Waals surface area contributed by atoms with Gasteiger partial charge in [0.1, 0.15) is 5.75 Å². The molecule has 0 aliphatic carbocycles. The van der Waals surface area contributed by atoms with Crippen LogP contribution in [0.2, 0.25) is 0 Å². The third-order valence-corrected chi connectivity index (χ3v) is 2.97. The van der Waals surface area contributed by atoms with Gasteiger partial charge in [-0.05, 0) is 29.8 Å². The van der Waals surface area contributed by atoms with E-state index >= 15 is 0 Å². The zero-order valence-corrected chi connectivity index (χ0v) is 11.4. The van der Waals surface area contributed by atoms with Crippen LogP contribution in [-0.2, 0) is 6.54 Å². The van der Waals surface area contributed by atoms with Crippen molar-refractivity contribution in [2.24, 2.45) is 0 Å². The van der Waals surface area contributed by atoms with Gasteiger partial charge in [0, 0.05) is 12.1 Å². The van der Waals surface area contributed by atoms with Gasteiger partial charge in [-0.15, -0.1) is 0 Å². The minimum atomic E-state index is -0.451. The van der Waals surface area contributed by atoms with Crippen molar-refractivity contribution in [2.75, 3.05) is 12.0 Å². The molecule has 0 saturated carbocycles. The van der Waals surface area contributed by atoms with Gasteiger partial charge in [0.05, 0.1) is 24.3 Å². The third-order valence-electron chi connectivity index (χ3n) is 2.97. The van der Waals surface area contributed by atoms with E-state index in [0.29, 0.717) is 17.0 Å². The summed E-state index contributed by atoms with van der Waals surface area (Å²) in [6.45, 7) is 0.268. The van der Waals surface area contributed by atoms with Crippen molar-refractivity contribution in [3.63, 3.8) is 0 Å². The second-order valence-electron chi connectivity index (χ2n) is 4.31. The average Bonchev–Trinajstić information content (AvgIpc) is 2.53. The van der Waals surface area contributed by atoms with Crippen molar-refractivity contribution >= 4 is 11.4 Å². The van der Waals surface area contributed by atoms with Gasteiger partial charge in [0.15, 0.2) is 6.19 Å². The predicted octanol–water partition coefficient (Wildman–Crippen LogP) is 3.09. The van der Waals surface area contributed by atoms with Gasteiger partial charge < -0.3 is 4.74 Å². The molecule has 0 unspecified atom stereocenters. The highest BCUT2D eigenvalue weighted by Crippen LogP contribution is 2.21. The molecular formula is C15H13N3O3. The molecule has 0 aliphatic rings. The zero-order valence-electron chi connectivity index (χ0n) is 11.4. The maximum Gasteiger partial charge on any atom is 0.269 e. The molecule has 0 N–H and O–H groups in total. The zero-order chi connectivity index (χ0) is 15.2. The first-order chi connectivity index (χ1) is 10.1. The van der Waals surface area contributed by atoms with Gasteiger partial charge in [-0.3, -0.25) is 15.0 Å². The van der Waals surface area contributed by atoms with E-state index in [9.17, 15) is 15.4 Å². The molecule has 21 heavy (non-hydrogen) atoms. The normalized spacial score (nSPS) is 9.71. The Labute approximate surface area is 122 Å². The van der Waals surface area contributed by atoms with Crippen molar-refractivity contribution in [3.05, 3.63) is 64.2 Å². The standard InChI is InChI=1S/C15H13N3O3/c1-21-15-7-5-13(6-8-15)17(11-16)10-12-3-2-4-14(9-12)18(19)20/h2-9H,10H2,1H3. The Morgan fingerprint density at radius 2 is 2.00 bits per heavy atom. The number of rotatable bonds is 5. The summed E-state index contributed by atoms with van der Waals surface area (Å²) < 4.78 is 5.07. The molecule has 0 amide bonds. The minimum absolute atomic E-state index is 0.0140. The van der Waals surface area contributed by atoms with E-state index in [1.54, 1.807) is 43.5 Å². The number of non-ortho nitro benzene ring substituents is 1. The number of nitriles is 1. The number of nitro benzene ring substituents is 1. The molecule has 6 nitrogen and oxygen atoms in total. The highest BCUT2D eigenvalue weighted by Gasteiger charge is 2.10. The second-order valence-corrected chi connectivity index (χ2v) is 4.31. The molecule has 0 atom stereocenters. The van der Waals surface area contributed by atoms with E-state index < -0.39 is 4.92 Å². The molecule has 2 rings (SSSR count). The average molecular weight is 283 g/mol. The number of anilines is 1. The van der Waals surface area contributed by atoms with Crippen LogP contribution in [0.15, 0.2) is 48.5 Å². The van der Waals surface area contributed by atoms with E-state index in [2.05, 4.69) is 6.19 Å². The summed E-state index contributed by atoms with van der Waals surface area (Å²) in [5.74, 6) is 0.701. The lowest BCUT2D eigenvalue weighted by Crippen LogP contribution is -2.15. The van der Waals surface area contributed by atoms with Gasteiger partial charge in [0.25, 0.3) is 5.69 Å². The van der Waals surface area contributed by atoms with Crippen LogP contribution in [0.3, 0.4) is 0 Å². The molecule has 0 saturated heterocycles. The molecule has 0 aliphatic heterocycles. The van der Waals surface area contributed by atoms with Crippen molar-refractivity contribution < 1.29 is 9.66 Å². The van der Waals surface area contributed by atoms with Crippen LogP contribution in [-0.4, -0.2) is 12.0 Å². The van der Waals surface area contributed by atoms with Gasteiger partial charge in [-0.25, -0.2) is 0 Å². The molecule has 0 fully saturated rings. The number of nitro groups is 1. The smallest absolute Gasteiger partial charge is 0.269 e. The Balaban J connectivity index is 2.20. The molecular weight excluding hydrogens is 270 g/mol. The lowest BCUT2D eigenvalue weighted by molar-refractivity contribution is -0.384. The van der Waals surface area contributed by atoms with Gasteiger partial charge in [-0.2, -0.15) is 5.26 Å². The summed E-state index contributed by atoms with van der Waals surface area (Å²) in [6.07, 6.45) is 2.08. The third kappa shape index (κ3) is 3.48. The van der Waals surface area contributed by atoms with Crippen LogP contribution in [0.25, 0.3) is 0 Å². The molecule has 0 spiro atoms. The quantitative estimate of drug-likeness (QED) is 0.364. The first kappa shape index (κ1) is 14.3. The van der Waals surface area contributed by atoms with Crippen LogP contribution in [0, 0.1) is 21.6 Å². The van der Waals surface area contributed by atoms with E-state index in [1.807, 2.05) is 0 Å². The summed E-state index contributed by atoms with van der Waals surface area (Å²) in [4.78, 5) is 11.8. The van der Waals surface area contributed by atoms with E-state index in [4.69, 9.17) is 4.74 Å². The summed E-state index contributed by atoms with van der Waals surface area (Å²) in [5, 5.41) is 20.0. The van der Waals surface area contributed by atoms with Gasteiger partial charge in [0.2, 0.25) is 0 Å². The fourth-order valence-electron chi connectivity index (χ4n) is 1.90. The fraction of sp³-hybridized carbons (Fsp3) is 0.133. The Morgan fingerprint density at radius 1 is 1.29 bits per heavy atom. The Kier molecular flexibility index (Phi) is 4.36. The molecule has 0 heterocycles. The highest BCUT2D eigenvalue weighted by molar-refractivity contribution is 5.53. The Hall–Kier alpha value is -3.07. The molecule has 6 heteroatoms. The predicted molar refractivity (Wildman–Crippen MR) is 77.9 cm³/mol. The highest BCUT2D eigenvalue weighted by atomic mass is 16.6. The van der Waals surface area contributed by atoms with Crippen molar-refractivity contribution in [3.8, 4) is 11.9 Å². The van der Waals surface area contributed by atoms with E-state index in [-0.39, 0.29) is 12.2 Å². The fourth-order valence-corrected chi connectivity index (χ4v) is 1.90.